The molecule has 2 aromatic rings. The van der Waals surface area contributed by atoms with Crippen molar-refractivity contribution in [3.05, 3.63) is 42.2 Å². The van der Waals surface area contributed by atoms with Crippen LogP contribution in [0.3, 0.4) is 0 Å². The van der Waals surface area contributed by atoms with Crippen molar-refractivity contribution < 1.29 is 14.3 Å². The molecule has 1 aromatic carbocycles. The minimum Gasteiger partial charge on any atom is -0.493 e. The molecule has 1 aliphatic rings. The van der Waals surface area contributed by atoms with Crippen LogP contribution >= 0.6 is 0 Å². The summed E-state index contributed by atoms with van der Waals surface area (Å²) in [5.41, 5.74) is 1.87. The lowest BCUT2D eigenvalue weighted by Gasteiger charge is -2.39. The van der Waals surface area contributed by atoms with Gasteiger partial charge in [-0.15, -0.1) is 0 Å². The molecule has 1 aliphatic heterocycles. The number of nitrogens with one attached hydrogen (secondary N) is 1. The molecule has 3 rings (SSSR count). The van der Waals surface area contributed by atoms with E-state index in [1.54, 1.807) is 26.4 Å². The zero-order chi connectivity index (χ0) is 18.0. The van der Waals surface area contributed by atoms with E-state index in [1.165, 1.54) is 5.69 Å². The van der Waals surface area contributed by atoms with Gasteiger partial charge in [0.2, 0.25) is 0 Å². The Bertz CT molecular complexity index is 754. The van der Waals surface area contributed by atoms with Crippen LogP contribution in [0.2, 0.25) is 0 Å². The molecule has 134 valence electrons. The molecule has 0 saturated heterocycles. The number of aromatic nitrogens is 1. The number of fused-ring (bicyclic) bond motifs is 1. The number of rotatable bonds is 4. The third kappa shape index (κ3) is 3.29. The normalized spacial score (nSPS) is 16.5. The molecule has 0 saturated carbocycles. The Morgan fingerprint density at radius 2 is 1.92 bits per heavy atom. The number of hydrogen-bond acceptors (Lipinski definition) is 3. The van der Waals surface area contributed by atoms with Crippen LogP contribution in [0.4, 0.5) is 10.5 Å². The third-order valence-electron chi connectivity index (χ3n) is 4.61. The van der Waals surface area contributed by atoms with Gasteiger partial charge in [-0.05, 0) is 30.2 Å². The molecule has 25 heavy (non-hydrogen) atoms. The summed E-state index contributed by atoms with van der Waals surface area (Å²) in [4.78, 5) is 14.8. The molecule has 1 aromatic heterocycles. The Morgan fingerprint density at radius 1 is 1.16 bits per heavy atom. The van der Waals surface area contributed by atoms with E-state index in [1.807, 2.05) is 17.0 Å². The number of methoxy groups -OCH3 is 2. The monoisotopic (exact) mass is 343 g/mol. The van der Waals surface area contributed by atoms with E-state index in [9.17, 15) is 4.79 Å². The molecule has 1 atom stereocenters. The second kappa shape index (κ2) is 7.09. The average Bonchev–Trinajstić information content (AvgIpc) is 3.08. The standard InChI is InChI=1S/C19H25N3O3/c1-13(2)18-15-6-5-9-21(15)10-11-22(18)19(23)20-14-7-8-16(24-3)17(12-14)25-4/h5-9,12-13,18H,10-11H2,1-4H3,(H,20,23). The van der Waals surface area contributed by atoms with Gasteiger partial charge < -0.3 is 24.3 Å². The van der Waals surface area contributed by atoms with Crippen LogP contribution in [-0.2, 0) is 6.54 Å². The zero-order valence-electron chi connectivity index (χ0n) is 15.2. The van der Waals surface area contributed by atoms with Gasteiger partial charge >= 0.3 is 6.03 Å². The van der Waals surface area contributed by atoms with Crippen LogP contribution in [0.25, 0.3) is 0 Å². The Balaban J connectivity index is 1.81. The molecule has 1 N–H and O–H groups in total. The minimum absolute atomic E-state index is 0.0592. The van der Waals surface area contributed by atoms with Crippen LogP contribution < -0.4 is 14.8 Å². The van der Waals surface area contributed by atoms with Crippen molar-refractivity contribution in [2.24, 2.45) is 5.92 Å². The first-order valence-electron chi connectivity index (χ1n) is 8.50. The van der Waals surface area contributed by atoms with Crippen molar-refractivity contribution in [2.75, 3.05) is 26.1 Å². The summed E-state index contributed by atoms with van der Waals surface area (Å²) in [6.07, 6.45) is 2.08. The van der Waals surface area contributed by atoms with E-state index in [0.717, 1.165) is 6.54 Å². The summed E-state index contributed by atoms with van der Waals surface area (Å²) in [7, 11) is 3.17. The Kier molecular flexibility index (Phi) is 4.88. The zero-order valence-corrected chi connectivity index (χ0v) is 15.2. The molecular weight excluding hydrogens is 318 g/mol. The molecule has 0 bridgehead atoms. The van der Waals surface area contributed by atoms with E-state index in [-0.39, 0.29) is 12.1 Å². The minimum atomic E-state index is -0.0987. The van der Waals surface area contributed by atoms with Gasteiger partial charge in [-0.2, -0.15) is 0 Å². The predicted octanol–water partition coefficient (Wildman–Crippen LogP) is 3.75. The molecule has 0 spiro atoms. The first-order chi connectivity index (χ1) is 12.0. The highest BCUT2D eigenvalue weighted by atomic mass is 16.5. The number of hydrogen-bond donors (Lipinski definition) is 1. The molecule has 2 heterocycles. The Hall–Kier alpha value is -2.63. The molecule has 2 amide bonds. The second-order valence-corrected chi connectivity index (χ2v) is 6.51. The predicted molar refractivity (Wildman–Crippen MR) is 97.3 cm³/mol. The summed E-state index contributed by atoms with van der Waals surface area (Å²) < 4.78 is 12.8. The highest BCUT2D eigenvalue weighted by Gasteiger charge is 2.33. The van der Waals surface area contributed by atoms with Gasteiger partial charge in [0.15, 0.2) is 11.5 Å². The number of carbonyl (C=O) groups is 1. The molecule has 0 aliphatic carbocycles. The number of carbonyl (C=O) groups excluding carboxylic acids is 1. The highest BCUT2D eigenvalue weighted by molar-refractivity contribution is 5.90. The van der Waals surface area contributed by atoms with Crippen molar-refractivity contribution in [2.45, 2.75) is 26.4 Å². The fourth-order valence-electron chi connectivity index (χ4n) is 3.45. The quantitative estimate of drug-likeness (QED) is 0.920. The van der Waals surface area contributed by atoms with Gasteiger partial charge in [0.05, 0.1) is 20.3 Å². The molecule has 6 nitrogen and oxygen atoms in total. The molecule has 1 unspecified atom stereocenters. The summed E-state index contributed by atoms with van der Waals surface area (Å²) in [6, 6.07) is 9.48. The summed E-state index contributed by atoms with van der Waals surface area (Å²) in [6.45, 7) is 5.78. The number of anilines is 1. The maximum atomic E-state index is 12.9. The summed E-state index contributed by atoms with van der Waals surface area (Å²) in [5, 5.41) is 2.99. The number of urea groups is 1. The van der Waals surface area contributed by atoms with E-state index in [0.29, 0.717) is 29.6 Å². The maximum Gasteiger partial charge on any atom is 0.322 e. The first-order valence-corrected chi connectivity index (χ1v) is 8.50. The van der Waals surface area contributed by atoms with Crippen molar-refractivity contribution in [1.29, 1.82) is 0 Å². The van der Waals surface area contributed by atoms with E-state index < -0.39 is 0 Å². The van der Waals surface area contributed by atoms with Crippen LogP contribution in [0.15, 0.2) is 36.5 Å². The van der Waals surface area contributed by atoms with Crippen LogP contribution in [0.1, 0.15) is 25.6 Å². The van der Waals surface area contributed by atoms with Gasteiger partial charge in [-0.1, -0.05) is 13.8 Å². The Labute approximate surface area is 148 Å². The van der Waals surface area contributed by atoms with Crippen molar-refractivity contribution in [3.63, 3.8) is 0 Å². The number of nitrogens with zero attached hydrogens (tertiary/aromatic N) is 2. The van der Waals surface area contributed by atoms with Gasteiger partial charge in [0.1, 0.15) is 0 Å². The highest BCUT2D eigenvalue weighted by Crippen LogP contribution is 2.34. The lowest BCUT2D eigenvalue weighted by Crippen LogP contribution is -2.45. The fourth-order valence-corrected chi connectivity index (χ4v) is 3.45. The molecule has 0 fully saturated rings. The van der Waals surface area contributed by atoms with Crippen LogP contribution in [-0.4, -0.2) is 36.3 Å². The van der Waals surface area contributed by atoms with E-state index in [4.69, 9.17) is 9.47 Å². The SMILES string of the molecule is COc1ccc(NC(=O)N2CCn3cccc3C2C(C)C)cc1OC. The van der Waals surface area contributed by atoms with Crippen molar-refractivity contribution >= 4 is 11.7 Å². The van der Waals surface area contributed by atoms with Crippen LogP contribution in [0, 0.1) is 5.92 Å². The van der Waals surface area contributed by atoms with E-state index in [2.05, 4.69) is 36.0 Å². The Morgan fingerprint density at radius 3 is 2.60 bits per heavy atom. The average molecular weight is 343 g/mol. The second-order valence-electron chi connectivity index (χ2n) is 6.51. The van der Waals surface area contributed by atoms with Gasteiger partial charge in [0.25, 0.3) is 0 Å². The number of ether oxygens (including phenoxy) is 2. The smallest absolute Gasteiger partial charge is 0.322 e. The number of amides is 2. The fraction of sp³-hybridized carbons (Fsp3) is 0.421. The maximum absolute atomic E-state index is 12.9. The van der Waals surface area contributed by atoms with Crippen LogP contribution in [0.5, 0.6) is 11.5 Å². The molecule has 0 radical (unpaired) electrons. The molecular formula is C19H25N3O3. The summed E-state index contributed by atoms with van der Waals surface area (Å²) >= 11 is 0. The van der Waals surface area contributed by atoms with Gasteiger partial charge in [-0.25, -0.2) is 4.79 Å². The van der Waals surface area contributed by atoms with Gasteiger partial charge in [-0.3, -0.25) is 0 Å². The van der Waals surface area contributed by atoms with Crippen molar-refractivity contribution in [1.82, 2.24) is 9.47 Å². The number of benzene rings is 1. The van der Waals surface area contributed by atoms with Crippen molar-refractivity contribution in [3.8, 4) is 11.5 Å². The third-order valence-corrected chi connectivity index (χ3v) is 4.61. The van der Waals surface area contributed by atoms with E-state index >= 15 is 0 Å². The molecule has 6 heteroatoms. The largest absolute Gasteiger partial charge is 0.493 e. The van der Waals surface area contributed by atoms with Gasteiger partial charge in [0, 0.05) is 36.7 Å². The summed E-state index contributed by atoms with van der Waals surface area (Å²) in [5.74, 6) is 1.55. The lowest BCUT2D eigenvalue weighted by atomic mass is 9.97. The lowest BCUT2D eigenvalue weighted by molar-refractivity contribution is 0.144. The first kappa shape index (κ1) is 17.2. The topological polar surface area (TPSA) is 55.7 Å².